The fraction of sp³-hybridized carbons (Fsp3) is 0.867. The number of rotatable bonds is 2. The molecule has 3 aliphatic rings. The zero-order chi connectivity index (χ0) is 15.4. The lowest BCUT2D eigenvalue weighted by Gasteiger charge is -2.43. The molecule has 0 spiro atoms. The predicted octanol–water partition coefficient (Wildman–Crippen LogP) is 2.37. The van der Waals surface area contributed by atoms with Crippen LogP contribution in [-0.4, -0.2) is 45.7 Å². The largest absolute Gasteiger partial charge is 0.480 e. The number of fused-ring (bicyclic) bond motifs is 2. The summed E-state index contributed by atoms with van der Waals surface area (Å²) in [5.41, 5.74) is 0.254. The standard InChI is InChI=1S/C15H24N2O3S/c1-14(2)9-4-5-15(3,6-9)12(14)16-13(20)17-8-21-7-10(17)11(18)19/h9-10,12H,4-8H2,1-3H3,(H,16,20)(H,18,19). The maximum absolute atomic E-state index is 12.6. The number of carbonyl (C=O) groups excluding carboxylic acids is 1. The first kappa shape index (κ1) is 15.0. The maximum atomic E-state index is 12.6. The van der Waals surface area contributed by atoms with E-state index in [1.54, 1.807) is 0 Å². The van der Waals surface area contributed by atoms with Gasteiger partial charge in [0, 0.05) is 11.8 Å². The molecule has 0 radical (unpaired) electrons. The van der Waals surface area contributed by atoms with E-state index < -0.39 is 12.0 Å². The van der Waals surface area contributed by atoms with Crippen molar-refractivity contribution in [3.05, 3.63) is 0 Å². The van der Waals surface area contributed by atoms with Gasteiger partial charge in [0.2, 0.25) is 0 Å². The minimum absolute atomic E-state index is 0.0915. The molecule has 0 aromatic carbocycles. The summed E-state index contributed by atoms with van der Waals surface area (Å²) in [6.45, 7) is 6.74. The third kappa shape index (κ3) is 2.22. The van der Waals surface area contributed by atoms with Gasteiger partial charge < -0.3 is 15.3 Å². The Labute approximate surface area is 129 Å². The molecule has 1 saturated heterocycles. The molecule has 6 heteroatoms. The molecule has 2 saturated carbocycles. The van der Waals surface area contributed by atoms with Gasteiger partial charge in [0.15, 0.2) is 0 Å². The van der Waals surface area contributed by atoms with Gasteiger partial charge in [-0.2, -0.15) is 0 Å². The first-order valence-electron chi connectivity index (χ1n) is 7.63. The number of carbonyl (C=O) groups is 2. The van der Waals surface area contributed by atoms with Crippen LogP contribution < -0.4 is 5.32 Å². The number of thioether (sulfide) groups is 1. The van der Waals surface area contributed by atoms with Crippen molar-refractivity contribution in [1.29, 1.82) is 0 Å². The van der Waals surface area contributed by atoms with Gasteiger partial charge in [0.05, 0.1) is 5.88 Å². The summed E-state index contributed by atoms with van der Waals surface area (Å²) in [7, 11) is 0. The molecule has 4 atom stereocenters. The highest BCUT2D eigenvalue weighted by Gasteiger charge is 2.60. The number of carboxylic acids is 1. The van der Waals surface area contributed by atoms with Gasteiger partial charge in [-0.05, 0) is 36.0 Å². The molecule has 2 bridgehead atoms. The quantitative estimate of drug-likeness (QED) is 0.821. The lowest BCUT2D eigenvalue weighted by Crippen LogP contribution is -2.57. The van der Waals surface area contributed by atoms with Gasteiger partial charge in [-0.1, -0.05) is 20.8 Å². The highest BCUT2D eigenvalue weighted by molar-refractivity contribution is 7.99. The van der Waals surface area contributed by atoms with Gasteiger partial charge >= 0.3 is 12.0 Å². The lowest BCUT2D eigenvalue weighted by atomic mass is 9.68. The molecule has 4 unspecified atom stereocenters. The Morgan fingerprint density at radius 2 is 2.05 bits per heavy atom. The number of nitrogens with zero attached hydrogens (tertiary/aromatic N) is 1. The molecular formula is C15H24N2O3S. The Kier molecular flexibility index (Phi) is 3.43. The van der Waals surface area contributed by atoms with E-state index in [2.05, 4.69) is 26.1 Å². The van der Waals surface area contributed by atoms with Crippen LogP contribution in [0.4, 0.5) is 4.79 Å². The molecule has 0 aromatic heterocycles. The zero-order valence-corrected chi connectivity index (χ0v) is 13.7. The number of urea groups is 1. The third-order valence-corrected chi connectivity index (χ3v) is 6.98. The van der Waals surface area contributed by atoms with Crippen LogP contribution >= 0.6 is 11.8 Å². The summed E-state index contributed by atoms with van der Waals surface area (Å²) in [4.78, 5) is 25.3. The van der Waals surface area contributed by atoms with E-state index >= 15 is 0 Å². The van der Waals surface area contributed by atoms with Gasteiger partial charge in [-0.3, -0.25) is 0 Å². The van der Waals surface area contributed by atoms with E-state index in [4.69, 9.17) is 0 Å². The van der Waals surface area contributed by atoms with Crippen LogP contribution in [0.25, 0.3) is 0 Å². The average molecular weight is 312 g/mol. The smallest absolute Gasteiger partial charge is 0.327 e. The molecule has 2 aliphatic carbocycles. The highest BCUT2D eigenvalue weighted by Crippen LogP contribution is 2.62. The molecule has 3 fully saturated rings. The number of nitrogens with one attached hydrogen (secondary N) is 1. The van der Waals surface area contributed by atoms with Crippen molar-refractivity contribution in [2.75, 3.05) is 11.6 Å². The molecule has 118 valence electrons. The van der Waals surface area contributed by atoms with Crippen LogP contribution in [0.15, 0.2) is 0 Å². The first-order valence-corrected chi connectivity index (χ1v) is 8.79. The number of amides is 2. The molecule has 3 rings (SSSR count). The van der Waals surface area contributed by atoms with Gasteiger partial charge in [0.25, 0.3) is 0 Å². The van der Waals surface area contributed by atoms with E-state index in [1.807, 2.05) is 0 Å². The number of hydrogen-bond donors (Lipinski definition) is 2. The SMILES string of the molecule is CC12CCC(C1)C(C)(C)C2NC(=O)N1CSCC1C(=O)O. The summed E-state index contributed by atoms with van der Waals surface area (Å²) >= 11 is 1.50. The van der Waals surface area contributed by atoms with Crippen LogP contribution in [0.1, 0.15) is 40.0 Å². The summed E-state index contributed by atoms with van der Waals surface area (Å²) < 4.78 is 0. The summed E-state index contributed by atoms with van der Waals surface area (Å²) in [5, 5.41) is 12.4. The van der Waals surface area contributed by atoms with Crippen molar-refractivity contribution in [3.8, 4) is 0 Å². The Morgan fingerprint density at radius 1 is 1.33 bits per heavy atom. The molecule has 5 nitrogen and oxygen atoms in total. The Bertz CT molecular complexity index is 477. The van der Waals surface area contributed by atoms with Crippen molar-refractivity contribution in [3.63, 3.8) is 0 Å². The molecule has 0 aromatic rings. The Hall–Kier alpha value is -0.910. The van der Waals surface area contributed by atoms with Crippen molar-refractivity contribution in [2.45, 2.75) is 52.1 Å². The minimum Gasteiger partial charge on any atom is -0.480 e. The van der Waals surface area contributed by atoms with Gasteiger partial charge in [0.1, 0.15) is 6.04 Å². The van der Waals surface area contributed by atoms with Crippen molar-refractivity contribution in [2.24, 2.45) is 16.7 Å². The number of hydrogen-bond acceptors (Lipinski definition) is 3. The first-order chi connectivity index (χ1) is 9.75. The fourth-order valence-corrected chi connectivity index (χ4v) is 5.86. The summed E-state index contributed by atoms with van der Waals surface area (Å²) in [6, 6.07) is -0.764. The topological polar surface area (TPSA) is 69.6 Å². The fourth-order valence-electron chi connectivity index (χ4n) is 4.72. The predicted molar refractivity (Wildman–Crippen MR) is 82.1 cm³/mol. The van der Waals surface area contributed by atoms with Crippen LogP contribution in [0.2, 0.25) is 0 Å². The van der Waals surface area contributed by atoms with Crippen LogP contribution in [0.5, 0.6) is 0 Å². The summed E-state index contributed by atoms with van der Waals surface area (Å²) in [5.74, 6) is 0.705. The van der Waals surface area contributed by atoms with Gasteiger partial charge in [-0.15, -0.1) is 11.8 Å². The maximum Gasteiger partial charge on any atom is 0.327 e. The van der Waals surface area contributed by atoms with E-state index in [0.29, 0.717) is 17.5 Å². The van der Waals surface area contributed by atoms with Crippen LogP contribution in [0.3, 0.4) is 0 Å². The lowest BCUT2D eigenvalue weighted by molar-refractivity contribution is -0.140. The molecular weight excluding hydrogens is 288 g/mol. The van der Waals surface area contributed by atoms with E-state index in [0.717, 1.165) is 6.42 Å². The normalized spacial score (nSPS) is 40.5. The van der Waals surface area contributed by atoms with E-state index in [-0.39, 0.29) is 22.9 Å². The van der Waals surface area contributed by atoms with Crippen LogP contribution in [-0.2, 0) is 4.79 Å². The summed E-state index contributed by atoms with van der Waals surface area (Å²) in [6.07, 6.45) is 3.57. The monoisotopic (exact) mass is 312 g/mol. The third-order valence-electron chi connectivity index (χ3n) is 5.97. The second-order valence-corrected chi connectivity index (χ2v) is 8.62. The number of aliphatic carboxylic acids is 1. The molecule has 1 heterocycles. The van der Waals surface area contributed by atoms with Crippen LogP contribution in [0, 0.1) is 16.7 Å². The Morgan fingerprint density at radius 3 is 2.62 bits per heavy atom. The van der Waals surface area contributed by atoms with E-state index in [1.165, 1.54) is 29.5 Å². The highest BCUT2D eigenvalue weighted by atomic mass is 32.2. The van der Waals surface area contributed by atoms with Crippen molar-refractivity contribution < 1.29 is 14.7 Å². The molecule has 1 aliphatic heterocycles. The second-order valence-electron chi connectivity index (χ2n) is 7.62. The van der Waals surface area contributed by atoms with Crippen molar-refractivity contribution in [1.82, 2.24) is 10.2 Å². The molecule has 2 amide bonds. The zero-order valence-electron chi connectivity index (χ0n) is 12.9. The van der Waals surface area contributed by atoms with Crippen molar-refractivity contribution >= 4 is 23.8 Å². The Balaban J connectivity index is 1.74. The molecule has 2 N–H and O–H groups in total. The van der Waals surface area contributed by atoms with E-state index in [9.17, 15) is 14.7 Å². The second kappa shape index (κ2) is 4.80. The average Bonchev–Trinajstić information content (AvgIpc) is 3.04. The van der Waals surface area contributed by atoms with Gasteiger partial charge in [-0.25, -0.2) is 9.59 Å². The minimum atomic E-state index is -0.909. The number of carboxylic acid groups (broad SMARTS) is 1. The molecule has 21 heavy (non-hydrogen) atoms.